The lowest BCUT2D eigenvalue weighted by Crippen LogP contribution is -2.04. The Morgan fingerprint density at radius 3 is 2.83 bits per heavy atom. The molecule has 1 fully saturated rings. The number of carbonyl (C=O) groups is 1. The van der Waals surface area contributed by atoms with E-state index in [4.69, 9.17) is 0 Å². The van der Waals surface area contributed by atoms with Crippen LogP contribution in [-0.4, -0.2) is 20.9 Å². The van der Waals surface area contributed by atoms with E-state index < -0.39 is 5.97 Å². The van der Waals surface area contributed by atoms with Crippen LogP contribution in [0.1, 0.15) is 34.1 Å². The molecular weight excluding hydrogens is 228 g/mol. The minimum atomic E-state index is -0.915. The number of carboxylic acid groups (broad SMARTS) is 1. The molecule has 2 aromatic rings. The molecule has 4 nitrogen and oxygen atoms in total. The van der Waals surface area contributed by atoms with Crippen molar-refractivity contribution in [1.29, 1.82) is 0 Å². The Balaban J connectivity index is 1.94. The van der Waals surface area contributed by atoms with Crippen LogP contribution in [0.3, 0.4) is 0 Å². The summed E-state index contributed by atoms with van der Waals surface area (Å²) < 4.78 is 1.83. The van der Waals surface area contributed by atoms with Crippen molar-refractivity contribution >= 4 is 5.97 Å². The lowest BCUT2D eigenvalue weighted by molar-refractivity contribution is 0.0689. The number of rotatable bonds is 2. The molecular formula is C14H12N2O2. The topological polar surface area (TPSA) is 55.1 Å². The first kappa shape index (κ1) is 9.88. The number of aromatic nitrogens is 2. The maximum absolute atomic E-state index is 11.3. The van der Waals surface area contributed by atoms with Crippen LogP contribution >= 0.6 is 0 Å². The molecule has 1 saturated carbocycles. The molecule has 18 heavy (non-hydrogen) atoms. The smallest absolute Gasteiger partial charge is 0.356 e. The highest BCUT2D eigenvalue weighted by Gasteiger charge is 2.50. The molecule has 4 heteroatoms. The number of carboxylic acids is 1. The highest BCUT2D eigenvalue weighted by Crippen LogP contribution is 2.57. The van der Waals surface area contributed by atoms with Gasteiger partial charge in [-0.1, -0.05) is 18.2 Å². The van der Waals surface area contributed by atoms with Crippen LogP contribution in [0.25, 0.3) is 5.69 Å². The number of hydrogen-bond acceptors (Lipinski definition) is 2. The number of aromatic carboxylic acids is 1. The predicted octanol–water partition coefficient (Wildman–Crippen LogP) is 2.23. The molecule has 0 unspecified atom stereocenters. The maximum atomic E-state index is 11.3. The Labute approximate surface area is 104 Å². The Morgan fingerprint density at radius 2 is 2.11 bits per heavy atom. The summed E-state index contributed by atoms with van der Waals surface area (Å²) in [5.74, 6) is 0.272. The minimum Gasteiger partial charge on any atom is -0.476 e. The number of hydrogen-bond donors (Lipinski definition) is 1. The third-order valence-corrected chi connectivity index (χ3v) is 3.97. The summed E-state index contributed by atoms with van der Waals surface area (Å²) in [6.45, 7) is 0. The van der Waals surface area contributed by atoms with Crippen LogP contribution in [0.4, 0.5) is 0 Å². The monoisotopic (exact) mass is 240 g/mol. The van der Waals surface area contributed by atoms with Crippen LogP contribution < -0.4 is 0 Å². The van der Waals surface area contributed by atoms with Gasteiger partial charge in [0.2, 0.25) is 0 Å². The van der Waals surface area contributed by atoms with E-state index >= 15 is 0 Å². The first-order valence-electron chi connectivity index (χ1n) is 6.16. The van der Waals surface area contributed by atoms with Crippen LogP contribution in [0.2, 0.25) is 0 Å². The summed E-state index contributed by atoms with van der Waals surface area (Å²) in [4.78, 5) is 11.3. The van der Waals surface area contributed by atoms with Crippen molar-refractivity contribution in [3.8, 4) is 5.69 Å². The summed E-state index contributed by atoms with van der Waals surface area (Å²) in [5.41, 5.74) is 3.27. The van der Waals surface area contributed by atoms with Crippen molar-refractivity contribution in [1.82, 2.24) is 9.78 Å². The van der Waals surface area contributed by atoms with Crippen molar-refractivity contribution < 1.29 is 9.90 Å². The molecule has 4 rings (SSSR count). The summed E-state index contributed by atoms with van der Waals surface area (Å²) in [6, 6.07) is 9.78. The first-order chi connectivity index (χ1) is 8.75. The average Bonchev–Trinajstić information content (AvgIpc) is 2.88. The zero-order valence-corrected chi connectivity index (χ0v) is 9.71. The van der Waals surface area contributed by atoms with Crippen molar-refractivity contribution in [2.45, 2.75) is 18.8 Å². The molecule has 0 amide bonds. The molecule has 0 bridgehead atoms. The largest absolute Gasteiger partial charge is 0.476 e. The van der Waals surface area contributed by atoms with Crippen LogP contribution in [0.5, 0.6) is 0 Å². The van der Waals surface area contributed by atoms with Gasteiger partial charge in [0.15, 0.2) is 5.69 Å². The van der Waals surface area contributed by atoms with Gasteiger partial charge in [0.1, 0.15) is 0 Å². The molecule has 1 heterocycles. The Morgan fingerprint density at radius 1 is 1.33 bits per heavy atom. The van der Waals surface area contributed by atoms with Gasteiger partial charge in [-0.2, -0.15) is 5.10 Å². The van der Waals surface area contributed by atoms with Gasteiger partial charge in [-0.25, -0.2) is 9.48 Å². The van der Waals surface area contributed by atoms with E-state index in [2.05, 4.69) is 5.10 Å². The molecule has 0 spiro atoms. The van der Waals surface area contributed by atoms with Crippen molar-refractivity contribution in [3.63, 3.8) is 0 Å². The highest BCUT2D eigenvalue weighted by molar-refractivity contribution is 5.88. The highest BCUT2D eigenvalue weighted by atomic mass is 16.4. The zero-order valence-electron chi connectivity index (χ0n) is 9.71. The molecule has 90 valence electrons. The molecule has 1 N–H and O–H groups in total. The van der Waals surface area contributed by atoms with Crippen molar-refractivity contribution in [2.24, 2.45) is 5.92 Å². The Hall–Kier alpha value is -2.10. The quantitative estimate of drug-likeness (QED) is 0.875. The molecule has 0 saturated heterocycles. The second kappa shape index (κ2) is 3.22. The average molecular weight is 240 g/mol. The van der Waals surface area contributed by atoms with E-state index in [0.29, 0.717) is 11.8 Å². The van der Waals surface area contributed by atoms with E-state index in [1.165, 1.54) is 6.42 Å². The van der Waals surface area contributed by atoms with Gasteiger partial charge in [0.05, 0.1) is 11.4 Å². The summed E-state index contributed by atoms with van der Waals surface area (Å²) in [5, 5.41) is 13.5. The van der Waals surface area contributed by atoms with Crippen LogP contribution in [-0.2, 0) is 6.42 Å². The lowest BCUT2D eigenvalue weighted by Gasteiger charge is -2.05. The van der Waals surface area contributed by atoms with E-state index in [1.807, 2.05) is 35.0 Å². The van der Waals surface area contributed by atoms with E-state index in [0.717, 1.165) is 23.4 Å². The third-order valence-electron chi connectivity index (χ3n) is 3.97. The lowest BCUT2D eigenvalue weighted by atomic mass is 10.1. The normalized spacial score (nSPS) is 23.6. The predicted molar refractivity (Wildman–Crippen MR) is 65.1 cm³/mol. The van der Waals surface area contributed by atoms with E-state index in [1.54, 1.807) is 0 Å². The van der Waals surface area contributed by atoms with E-state index in [9.17, 15) is 9.90 Å². The fourth-order valence-corrected chi connectivity index (χ4v) is 3.05. The van der Waals surface area contributed by atoms with Crippen molar-refractivity contribution in [2.75, 3.05) is 0 Å². The fourth-order valence-electron chi connectivity index (χ4n) is 3.05. The number of fused-ring (bicyclic) bond motifs is 3. The Bertz CT molecular complexity index is 645. The standard InChI is InChI=1S/C14H12N2O2/c17-14(18)12-11-7-8-6-10(8)13(11)16(15-12)9-4-2-1-3-5-9/h1-5,8,10H,6-7H2,(H,17,18)/t8-,10-/m0/s1. The van der Waals surface area contributed by atoms with Gasteiger partial charge in [-0.3, -0.25) is 0 Å². The molecule has 2 atom stereocenters. The second-order valence-electron chi connectivity index (χ2n) is 5.07. The Kier molecular flexibility index (Phi) is 1.77. The van der Waals surface area contributed by atoms with Gasteiger partial charge < -0.3 is 5.11 Å². The summed E-state index contributed by atoms with van der Waals surface area (Å²) in [6.07, 6.45) is 2.07. The molecule has 2 aliphatic rings. The number of nitrogens with zero attached hydrogens (tertiary/aromatic N) is 2. The molecule has 1 aromatic heterocycles. The van der Waals surface area contributed by atoms with Crippen LogP contribution in [0.15, 0.2) is 30.3 Å². The number of para-hydroxylation sites is 1. The first-order valence-corrected chi connectivity index (χ1v) is 6.16. The summed E-state index contributed by atoms with van der Waals surface area (Å²) >= 11 is 0. The third kappa shape index (κ3) is 1.20. The fraction of sp³-hybridized carbons (Fsp3) is 0.286. The van der Waals surface area contributed by atoms with Gasteiger partial charge in [0, 0.05) is 11.5 Å². The van der Waals surface area contributed by atoms with Crippen LogP contribution in [0, 0.1) is 5.92 Å². The summed E-state index contributed by atoms with van der Waals surface area (Å²) in [7, 11) is 0. The maximum Gasteiger partial charge on any atom is 0.356 e. The second-order valence-corrected chi connectivity index (χ2v) is 5.07. The zero-order chi connectivity index (χ0) is 12.3. The van der Waals surface area contributed by atoms with Gasteiger partial charge in [-0.15, -0.1) is 0 Å². The minimum absolute atomic E-state index is 0.237. The molecule has 0 radical (unpaired) electrons. The van der Waals surface area contributed by atoms with Gasteiger partial charge >= 0.3 is 5.97 Å². The van der Waals surface area contributed by atoms with Crippen molar-refractivity contribution in [3.05, 3.63) is 47.3 Å². The SMILES string of the molecule is O=C(O)c1nn(-c2ccccc2)c2c1C[C@@H]1C[C@H]21. The van der Waals surface area contributed by atoms with Gasteiger partial charge in [0.25, 0.3) is 0 Å². The van der Waals surface area contributed by atoms with Gasteiger partial charge in [-0.05, 0) is 30.9 Å². The molecule has 1 aromatic carbocycles. The molecule has 2 aliphatic carbocycles. The molecule has 0 aliphatic heterocycles. The number of benzene rings is 1. The van der Waals surface area contributed by atoms with E-state index in [-0.39, 0.29) is 5.69 Å².